The van der Waals surface area contributed by atoms with Gasteiger partial charge in [0.25, 0.3) is 11.7 Å². The summed E-state index contributed by atoms with van der Waals surface area (Å²) < 4.78 is 11.0. The molecule has 0 aromatic heterocycles. The van der Waals surface area contributed by atoms with Crippen molar-refractivity contribution in [3.63, 3.8) is 0 Å². The maximum atomic E-state index is 13.6. The Morgan fingerprint density at radius 1 is 0.976 bits per heavy atom. The molecule has 214 valence electrons. The highest BCUT2D eigenvalue weighted by molar-refractivity contribution is 6.51. The Hall–Kier alpha value is -4.39. The first-order valence-electron chi connectivity index (χ1n) is 13.9. The van der Waals surface area contributed by atoms with Crippen molar-refractivity contribution in [2.45, 2.75) is 66.0 Å². The summed E-state index contributed by atoms with van der Waals surface area (Å²) in [6.07, 6.45) is -0.121. The van der Waals surface area contributed by atoms with Crippen LogP contribution in [0.2, 0.25) is 0 Å². The van der Waals surface area contributed by atoms with Gasteiger partial charge in [0.15, 0.2) is 0 Å². The third-order valence-electron chi connectivity index (χ3n) is 6.94. The van der Waals surface area contributed by atoms with E-state index < -0.39 is 17.7 Å². The summed E-state index contributed by atoms with van der Waals surface area (Å²) in [4.78, 5) is 40.7. The molecule has 0 aliphatic carbocycles. The van der Waals surface area contributed by atoms with Crippen LogP contribution in [0.1, 0.15) is 74.4 Å². The monoisotopic (exact) mass is 555 g/mol. The van der Waals surface area contributed by atoms with Gasteiger partial charge in [-0.1, -0.05) is 55.8 Å². The fourth-order valence-corrected chi connectivity index (χ4v) is 5.09. The lowest BCUT2D eigenvalue weighted by Crippen LogP contribution is -2.29. The van der Waals surface area contributed by atoms with E-state index in [-0.39, 0.29) is 35.7 Å². The van der Waals surface area contributed by atoms with Crippen LogP contribution in [-0.2, 0) is 25.5 Å². The molecule has 7 nitrogen and oxygen atoms in total. The number of carbonyl (C=O) groups is 3. The molecule has 1 fully saturated rings. The van der Waals surface area contributed by atoms with Crippen molar-refractivity contribution in [1.82, 2.24) is 0 Å². The second kappa shape index (κ2) is 12.4. The van der Waals surface area contributed by atoms with Gasteiger partial charge in [-0.25, -0.2) is 0 Å². The molecule has 1 saturated heterocycles. The highest BCUT2D eigenvalue weighted by atomic mass is 16.5. The van der Waals surface area contributed by atoms with Crippen LogP contribution in [0, 0.1) is 6.92 Å². The van der Waals surface area contributed by atoms with E-state index in [1.165, 1.54) is 4.90 Å². The van der Waals surface area contributed by atoms with Gasteiger partial charge in [-0.15, -0.1) is 0 Å². The second-order valence-electron chi connectivity index (χ2n) is 10.8. The van der Waals surface area contributed by atoms with E-state index in [9.17, 15) is 19.5 Å². The Bertz CT molecular complexity index is 1490. The summed E-state index contributed by atoms with van der Waals surface area (Å²) in [5, 5.41) is 11.6. The van der Waals surface area contributed by atoms with Crippen LogP contribution in [0.5, 0.6) is 5.75 Å². The lowest BCUT2D eigenvalue weighted by Gasteiger charge is -2.26. The fraction of sp³-hybridized carbons (Fsp3) is 0.324. The van der Waals surface area contributed by atoms with Gasteiger partial charge in [0.1, 0.15) is 11.5 Å². The van der Waals surface area contributed by atoms with Crippen molar-refractivity contribution in [3.05, 3.63) is 100 Å². The van der Waals surface area contributed by atoms with Crippen LogP contribution >= 0.6 is 0 Å². The molecule has 1 N–H and O–H groups in total. The van der Waals surface area contributed by atoms with Crippen molar-refractivity contribution < 1.29 is 29.0 Å². The molecule has 0 radical (unpaired) electrons. The number of rotatable bonds is 9. The highest BCUT2D eigenvalue weighted by Gasteiger charge is 2.47. The molecule has 1 aliphatic heterocycles. The molecular weight excluding hydrogens is 518 g/mol. The minimum Gasteiger partial charge on any atom is -0.507 e. The van der Waals surface area contributed by atoms with E-state index in [4.69, 9.17) is 9.47 Å². The van der Waals surface area contributed by atoms with Gasteiger partial charge in [0, 0.05) is 11.3 Å². The number of benzene rings is 3. The van der Waals surface area contributed by atoms with E-state index in [1.54, 1.807) is 50.2 Å². The average Bonchev–Trinajstić information content (AvgIpc) is 3.18. The molecule has 3 aromatic rings. The number of aliphatic hydroxyl groups excluding tert-OH is 1. The molecule has 0 spiro atoms. The molecule has 7 heteroatoms. The van der Waals surface area contributed by atoms with Crippen LogP contribution in [-0.4, -0.2) is 35.5 Å². The third kappa shape index (κ3) is 6.35. The predicted octanol–water partition coefficient (Wildman–Crippen LogP) is 6.64. The first-order chi connectivity index (χ1) is 19.5. The number of amides is 1. The number of aryl methyl sites for hydroxylation is 1. The predicted molar refractivity (Wildman–Crippen MR) is 159 cm³/mol. The second-order valence-corrected chi connectivity index (χ2v) is 10.8. The van der Waals surface area contributed by atoms with Gasteiger partial charge < -0.3 is 14.6 Å². The maximum absolute atomic E-state index is 13.6. The Morgan fingerprint density at radius 3 is 2.29 bits per heavy atom. The molecule has 3 aromatic carbocycles. The van der Waals surface area contributed by atoms with Gasteiger partial charge in [-0.2, -0.15) is 0 Å². The normalized spacial score (nSPS) is 16.5. The first-order valence-corrected chi connectivity index (χ1v) is 13.9. The largest absolute Gasteiger partial charge is 0.507 e. The van der Waals surface area contributed by atoms with E-state index in [1.807, 2.05) is 58.0 Å². The van der Waals surface area contributed by atoms with Crippen LogP contribution < -0.4 is 9.64 Å². The third-order valence-corrected chi connectivity index (χ3v) is 6.94. The molecule has 4 rings (SSSR count). The van der Waals surface area contributed by atoms with Crippen molar-refractivity contribution in [3.8, 4) is 5.75 Å². The number of carbonyl (C=O) groups excluding carboxylic acids is 3. The number of Topliss-reactive ketones (excluding diaryl/α,β-unsaturated/α-hetero) is 1. The zero-order valence-corrected chi connectivity index (χ0v) is 24.4. The molecule has 1 atom stereocenters. The zero-order chi connectivity index (χ0) is 29.8. The van der Waals surface area contributed by atoms with E-state index in [0.29, 0.717) is 29.2 Å². The van der Waals surface area contributed by atoms with Crippen LogP contribution in [0.3, 0.4) is 0 Å². The molecule has 0 saturated carbocycles. The van der Waals surface area contributed by atoms with Crippen LogP contribution in [0.4, 0.5) is 5.69 Å². The van der Waals surface area contributed by atoms with Crippen LogP contribution in [0.15, 0.2) is 72.3 Å². The number of anilines is 1. The van der Waals surface area contributed by atoms with Crippen molar-refractivity contribution >= 4 is 29.1 Å². The first kappa shape index (κ1) is 29.6. The van der Waals surface area contributed by atoms with Gasteiger partial charge in [-0.3, -0.25) is 19.3 Å². The Labute approximate surface area is 241 Å². The van der Waals surface area contributed by atoms with Crippen molar-refractivity contribution in [2.75, 3.05) is 11.5 Å². The summed E-state index contributed by atoms with van der Waals surface area (Å²) in [5.74, 6) is -1.26. The van der Waals surface area contributed by atoms with E-state index >= 15 is 0 Å². The lowest BCUT2D eigenvalue weighted by molar-refractivity contribution is -0.146. The van der Waals surface area contributed by atoms with Crippen LogP contribution in [0.25, 0.3) is 5.76 Å². The van der Waals surface area contributed by atoms with Gasteiger partial charge >= 0.3 is 5.97 Å². The molecule has 0 bridgehead atoms. The SMILES string of the molecule is CCOc1ccc(/C(O)=C2/C(=O)C(=O)N(c3ccc(CC(=O)OC(C)C)cc3)C2c2cccc(C)c2)cc1C(C)C. The van der Waals surface area contributed by atoms with Crippen molar-refractivity contribution in [1.29, 1.82) is 0 Å². The van der Waals surface area contributed by atoms with Crippen molar-refractivity contribution in [2.24, 2.45) is 0 Å². The topological polar surface area (TPSA) is 93.1 Å². The quantitative estimate of drug-likeness (QED) is 0.138. The minimum absolute atomic E-state index is 0.0176. The lowest BCUT2D eigenvalue weighted by atomic mass is 9.92. The zero-order valence-electron chi connectivity index (χ0n) is 24.4. The molecular formula is C34H37NO6. The fourth-order valence-electron chi connectivity index (χ4n) is 5.09. The molecule has 1 aliphatic rings. The molecule has 1 amide bonds. The maximum Gasteiger partial charge on any atom is 0.310 e. The molecule has 1 heterocycles. The molecule has 41 heavy (non-hydrogen) atoms. The number of aliphatic hydroxyl groups is 1. The number of ether oxygens (including phenoxy) is 2. The Morgan fingerprint density at radius 2 is 1.68 bits per heavy atom. The summed E-state index contributed by atoms with van der Waals surface area (Å²) in [7, 11) is 0. The Kier molecular flexibility index (Phi) is 8.96. The summed E-state index contributed by atoms with van der Waals surface area (Å²) in [5.41, 5.74) is 4.20. The number of ketones is 1. The van der Waals surface area contributed by atoms with E-state index in [0.717, 1.165) is 16.7 Å². The van der Waals surface area contributed by atoms with Gasteiger partial charge in [0.05, 0.1) is 30.7 Å². The van der Waals surface area contributed by atoms with E-state index in [2.05, 4.69) is 0 Å². The summed E-state index contributed by atoms with van der Waals surface area (Å²) in [6, 6.07) is 18.9. The minimum atomic E-state index is -0.847. The summed E-state index contributed by atoms with van der Waals surface area (Å²) >= 11 is 0. The summed E-state index contributed by atoms with van der Waals surface area (Å²) in [6.45, 7) is 12.0. The average molecular weight is 556 g/mol. The number of hydrogen-bond acceptors (Lipinski definition) is 6. The van der Waals surface area contributed by atoms with Gasteiger partial charge in [-0.05, 0) is 80.6 Å². The molecule has 1 unspecified atom stereocenters. The smallest absolute Gasteiger partial charge is 0.310 e. The number of hydrogen-bond donors (Lipinski definition) is 1. The number of nitrogens with zero attached hydrogens (tertiary/aromatic N) is 1. The highest BCUT2D eigenvalue weighted by Crippen LogP contribution is 2.43. The number of esters is 1. The Balaban J connectivity index is 1.82. The van der Waals surface area contributed by atoms with Gasteiger partial charge in [0.2, 0.25) is 0 Å². The standard InChI is InChI=1S/C34H37NO6/c1-7-40-28-16-13-25(19-27(28)20(2)3)32(37)30-31(24-10-8-9-22(6)17-24)35(34(39)33(30)38)26-14-11-23(12-15-26)18-29(36)41-21(4)5/h8-17,19-21,31,37H,7,18H2,1-6H3/b32-30-.